The molecule has 0 saturated carbocycles. The Bertz CT molecular complexity index is 697. The van der Waals surface area contributed by atoms with Gasteiger partial charge < -0.3 is 20.2 Å². The molecule has 0 radical (unpaired) electrons. The Morgan fingerprint density at radius 1 is 1.25 bits per heavy atom. The fraction of sp³-hybridized carbons (Fsp3) is 0.636. The van der Waals surface area contributed by atoms with Gasteiger partial charge in [-0.1, -0.05) is 18.2 Å². The van der Waals surface area contributed by atoms with Gasteiger partial charge in [0.15, 0.2) is 0 Å². The number of aliphatic hydroxyl groups is 1. The van der Waals surface area contributed by atoms with Gasteiger partial charge in [-0.3, -0.25) is 4.79 Å². The number of hydrogen-bond donors (Lipinski definition) is 2. The quantitative estimate of drug-likeness (QED) is 0.753. The molecule has 1 aromatic rings. The van der Waals surface area contributed by atoms with Crippen molar-refractivity contribution in [3.63, 3.8) is 0 Å². The zero-order valence-corrected chi connectivity index (χ0v) is 17.9. The van der Waals surface area contributed by atoms with Crippen LogP contribution in [-0.2, 0) is 11.3 Å². The summed E-state index contributed by atoms with van der Waals surface area (Å²) in [6, 6.07) is 6.09. The number of carbonyl (C=O) groups excluding carboxylic acids is 2. The zero-order valence-electron chi connectivity index (χ0n) is 17.9. The van der Waals surface area contributed by atoms with Crippen LogP contribution in [0.1, 0.15) is 56.7 Å². The lowest BCUT2D eigenvalue weighted by Crippen LogP contribution is -2.55. The van der Waals surface area contributed by atoms with Gasteiger partial charge in [-0.2, -0.15) is 0 Å². The average Bonchev–Trinajstić information content (AvgIpc) is 2.58. The summed E-state index contributed by atoms with van der Waals surface area (Å²) in [6.07, 6.45) is 2.34. The number of amides is 3. The number of nitrogens with zero attached hydrogens (tertiary/aromatic N) is 2. The highest BCUT2D eigenvalue weighted by Gasteiger charge is 2.27. The van der Waals surface area contributed by atoms with Crippen molar-refractivity contribution in [3.05, 3.63) is 34.9 Å². The first kappa shape index (κ1) is 22.2. The number of hydrogen-bond acceptors (Lipinski definition) is 3. The number of urea groups is 1. The minimum absolute atomic E-state index is 0.0125. The Kier molecular flexibility index (Phi) is 7.47. The Labute approximate surface area is 168 Å². The van der Waals surface area contributed by atoms with Crippen LogP contribution in [0.25, 0.3) is 0 Å². The molecule has 1 saturated heterocycles. The molecular weight excluding hydrogens is 354 g/mol. The zero-order chi connectivity index (χ0) is 20.9. The molecule has 1 aromatic carbocycles. The van der Waals surface area contributed by atoms with Gasteiger partial charge in [-0.25, -0.2) is 4.79 Å². The van der Waals surface area contributed by atoms with Gasteiger partial charge in [-0.05, 0) is 70.6 Å². The van der Waals surface area contributed by atoms with Crippen molar-refractivity contribution in [1.29, 1.82) is 0 Å². The summed E-state index contributed by atoms with van der Waals surface area (Å²) in [5.41, 5.74) is 2.91. The molecule has 1 atom stereocenters. The van der Waals surface area contributed by atoms with Crippen LogP contribution in [0.3, 0.4) is 0 Å². The molecule has 1 heterocycles. The molecule has 0 aromatic heterocycles. The summed E-state index contributed by atoms with van der Waals surface area (Å²) in [6.45, 7) is 11.5. The third-order valence-corrected chi connectivity index (χ3v) is 5.35. The molecule has 0 bridgehead atoms. The number of rotatable bonds is 7. The van der Waals surface area contributed by atoms with E-state index in [1.165, 1.54) is 11.1 Å². The largest absolute Gasteiger partial charge is 0.390 e. The fourth-order valence-corrected chi connectivity index (χ4v) is 3.39. The summed E-state index contributed by atoms with van der Waals surface area (Å²) in [5, 5.41) is 12.7. The standard InChI is InChI=1S/C22H35N3O3/c1-16-8-9-19(13-17(16)2)14-24-11-12-25(15-20(24)26)21(27)23-18(3)7-6-10-22(4,5)28/h8-9,13,18,28H,6-7,10-12,14-15H2,1-5H3,(H,23,27)/t18-/m1/s1. The average molecular weight is 390 g/mol. The molecule has 1 aliphatic heterocycles. The monoisotopic (exact) mass is 389 g/mol. The van der Waals surface area contributed by atoms with Crippen LogP contribution in [0, 0.1) is 13.8 Å². The van der Waals surface area contributed by atoms with Crippen LogP contribution >= 0.6 is 0 Å². The van der Waals surface area contributed by atoms with Gasteiger partial charge in [0, 0.05) is 25.7 Å². The van der Waals surface area contributed by atoms with Crippen molar-refractivity contribution < 1.29 is 14.7 Å². The van der Waals surface area contributed by atoms with E-state index in [4.69, 9.17) is 0 Å². The molecule has 0 spiro atoms. The lowest BCUT2D eigenvalue weighted by Gasteiger charge is -2.35. The number of benzene rings is 1. The van der Waals surface area contributed by atoms with Gasteiger partial charge in [0.1, 0.15) is 6.54 Å². The summed E-state index contributed by atoms with van der Waals surface area (Å²) in [7, 11) is 0. The summed E-state index contributed by atoms with van der Waals surface area (Å²) in [4.78, 5) is 28.4. The lowest BCUT2D eigenvalue weighted by molar-refractivity contribution is -0.135. The van der Waals surface area contributed by atoms with Gasteiger partial charge in [0.25, 0.3) is 0 Å². The van der Waals surface area contributed by atoms with Gasteiger partial charge in [0.2, 0.25) is 5.91 Å². The van der Waals surface area contributed by atoms with Crippen molar-refractivity contribution >= 4 is 11.9 Å². The highest BCUT2D eigenvalue weighted by Crippen LogP contribution is 2.15. The molecule has 0 aliphatic carbocycles. The predicted octanol–water partition coefficient (Wildman–Crippen LogP) is 2.99. The molecule has 1 fully saturated rings. The number of nitrogens with one attached hydrogen (secondary N) is 1. The van der Waals surface area contributed by atoms with E-state index in [0.29, 0.717) is 26.1 Å². The van der Waals surface area contributed by atoms with E-state index in [1.807, 2.05) is 11.8 Å². The molecule has 0 unspecified atom stereocenters. The first-order valence-corrected chi connectivity index (χ1v) is 10.2. The minimum atomic E-state index is -0.678. The first-order valence-electron chi connectivity index (χ1n) is 10.2. The van der Waals surface area contributed by atoms with E-state index < -0.39 is 5.60 Å². The second-order valence-electron chi connectivity index (χ2n) is 8.71. The third-order valence-electron chi connectivity index (χ3n) is 5.35. The van der Waals surface area contributed by atoms with E-state index in [2.05, 4.69) is 37.4 Å². The molecule has 2 rings (SSSR count). The van der Waals surface area contributed by atoms with E-state index >= 15 is 0 Å². The smallest absolute Gasteiger partial charge is 0.318 e. The maximum absolute atomic E-state index is 12.5. The fourth-order valence-electron chi connectivity index (χ4n) is 3.39. The van der Waals surface area contributed by atoms with Crippen LogP contribution < -0.4 is 5.32 Å². The maximum atomic E-state index is 12.5. The number of piperazine rings is 1. The van der Waals surface area contributed by atoms with Crippen LogP contribution in [0.4, 0.5) is 4.79 Å². The van der Waals surface area contributed by atoms with Crippen LogP contribution in [0.15, 0.2) is 18.2 Å². The van der Waals surface area contributed by atoms with E-state index in [1.54, 1.807) is 18.7 Å². The molecule has 6 nitrogen and oxygen atoms in total. The van der Waals surface area contributed by atoms with Crippen molar-refractivity contribution in [2.75, 3.05) is 19.6 Å². The summed E-state index contributed by atoms with van der Waals surface area (Å²) in [5.74, 6) is -0.0192. The van der Waals surface area contributed by atoms with Gasteiger partial charge >= 0.3 is 6.03 Å². The Balaban J connectivity index is 1.79. The normalized spacial score (nSPS) is 16.3. The van der Waals surface area contributed by atoms with Gasteiger partial charge in [-0.15, -0.1) is 0 Å². The highest BCUT2D eigenvalue weighted by atomic mass is 16.3. The number of carbonyl (C=O) groups is 2. The molecule has 6 heteroatoms. The second-order valence-corrected chi connectivity index (χ2v) is 8.71. The maximum Gasteiger partial charge on any atom is 0.318 e. The van der Waals surface area contributed by atoms with E-state index in [-0.39, 0.29) is 24.5 Å². The van der Waals surface area contributed by atoms with Crippen molar-refractivity contribution in [2.45, 2.75) is 72.1 Å². The molecular formula is C22H35N3O3. The lowest BCUT2D eigenvalue weighted by atomic mass is 10.00. The Morgan fingerprint density at radius 2 is 1.96 bits per heavy atom. The highest BCUT2D eigenvalue weighted by molar-refractivity contribution is 5.85. The first-order chi connectivity index (χ1) is 13.0. The predicted molar refractivity (Wildman–Crippen MR) is 111 cm³/mol. The van der Waals surface area contributed by atoms with Gasteiger partial charge in [0.05, 0.1) is 5.60 Å². The molecule has 156 valence electrons. The summed E-state index contributed by atoms with van der Waals surface area (Å²) < 4.78 is 0. The molecule has 28 heavy (non-hydrogen) atoms. The van der Waals surface area contributed by atoms with Crippen LogP contribution in [-0.4, -0.2) is 58.1 Å². The molecule has 2 N–H and O–H groups in total. The van der Waals surface area contributed by atoms with Crippen LogP contribution in [0.2, 0.25) is 0 Å². The Morgan fingerprint density at radius 3 is 2.57 bits per heavy atom. The van der Waals surface area contributed by atoms with Crippen molar-refractivity contribution in [2.24, 2.45) is 0 Å². The van der Waals surface area contributed by atoms with E-state index in [0.717, 1.165) is 18.4 Å². The minimum Gasteiger partial charge on any atom is -0.390 e. The van der Waals surface area contributed by atoms with Crippen LogP contribution in [0.5, 0.6) is 0 Å². The Hall–Kier alpha value is -2.08. The number of aryl methyl sites for hydroxylation is 2. The van der Waals surface area contributed by atoms with E-state index in [9.17, 15) is 14.7 Å². The topological polar surface area (TPSA) is 72.9 Å². The third kappa shape index (κ3) is 6.82. The molecule has 1 aliphatic rings. The second kappa shape index (κ2) is 9.41. The summed E-state index contributed by atoms with van der Waals surface area (Å²) >= 11 is 0. The SMILES string of the molecule is Cc1ccc(CN2CCN(C(=O)N[C@H](C)CCCC(C)(C)O)CC2=O)cc1C. The van der Waals surface area contributed by atoms with Crippen molar-refractivity contribution in [1.82, 2.24) is 15.1 Å². The molecule has 3 amide bonds. The van der Waals surface area contributed by atoms with Crippen molar-refractivity contribution in [3.8, 4) is 0 Å².